The number of ether oxygens (including phenoxy) is 2. The molecule has 0 fully saturated rings. The van der Waals surface area contributed by atoms with Crippen LogP contribution in [0.3, 0.4) is 0 Å². The van der Waals surface area contributed by atoms with Crippen molar-refractivity contribution in [3.63, 3.8) is 0 Å². The van der Waals surface area contributed by atoms with Crippen LogP contribution in [0, 0.1) is 20.8 Å². The van der Waals surface area contributed by atoms with E-state index < -0.39 is 5.79 Å². The van der Waals surface area contributed by atoms with Gasteiger partial charge in [-0.3, -0.25) is 0 Å². The van der Waals surface area contributed by atoms with Gasteiger partial charge in [0.2, 0.25) is 5.79 Å². The number of H-pyrrole nitrogens is 1. The van der Waals surface area contributed by atoms with Crippen LogP contribution in [0.1, 0.15) is 30.5 Å². The Morgan fingerprint density at radius 3 is 1.60 bits per heavy atom. The van der Waals surface area contributed by atoms with Gasteiger partial charge in [0.25, 0.3) is 0 Å². The van der Waals surface area contributed by atoms with E-state index in [9.17, 15) is 0 Å². The van der Waals surface area contributed by atoms with Crippen LogP contribution in [0.15, 0.2) is 78.9 Å². The van der Waals surface area contributed by atoms with Crippen molar-refractivity contribution in [2.45, 2.75) is 40.4 Å². The van der Waals surface area contributed by atoms with Crippen LogP contribution < -0.4 is 9.47 Å². The highest BCUT2D eigenvalue weighted by molar-refractivity contribution is 6.11. The van der Waals surface area contributed by atoms with Gasteiger partial charge < -0.3 is 14.5 Å². The van der Waals surface area contributed by atoms with Crippen molar-refractivity contribution in [2.75, 3.05) is 0 Å². The molecule has 0 radical (unpaired) electrons. The number of aryl methyl sites for hydroxylation is 3. The highest BCUT2D eigenvalue weighted by Crippen LogP contribution is 2.56. The average molecular weight is 460 g/mol. The van der Waals surface area contributed by atoms with E-state index in [1.807, 2.05) is 13.8 Å². The summed E-state index contributed by atoms with van der Waals surface area (Å²) in [5, 5.41) is 1.14. The third kappa shape index (κ3) is 3.42. The number of rotatable bonds is 3. The number of hydrogen-bond donors (Lipinski definition) is 1. The van der Waals surface area contributed by atoms with Gasteiger partial charge in [-0.05, 0) is 54.7 Å². The van der Waals surface area contributed by atoms with Crippen molar-refractivity contribution in [2.24, 2.45) is 0 Å². The molecule has 0 aliphatic carbocycles. The Morgan fingerprint density at radius 1 is 0.600 bits per heavy atom. The molecule has 0 spiro atoms. The van der Waals surface area contributed by atoms with Crippen LogP contribution in [-0.4, -0.2) is 10.8 Å². The zero-order valence-corrected chi connectivity index (χ0v) is 20.8. The maximum Gasteiger partial charge on any atom is 0.246 e. The number of hydrogen-bond acceptors (Lipinski definition) is 2. The Balaban J connectivity index is 1.79. The zero-order chi connectivity index (χ0) is 24.3. The molecule has 6 rings (SSSR count). The van der Waals surface area contributed by atoms with Crippen molar-refractivity contribution in [3.05, 3.63) is 95.6 Å². The van der Waals surface area contributed by atoms with Gasteiger partial charge >= 0.3 is 0 Å². The van der Waals surface area contributed by atoms with Crippen LogP contribution in [0.4, 0.5) is 0 Å². The van der Waals surface area contributed by atoms with Gasteiger partial charge in [0, 0.05) is 36.1 Å². The first-order chi connectivity index (χ1) is 16.8. The molecule has 174 valence electrons. The van der Waals surface area contributed by atoms with Crippen LogP contribution in [0.5, 0.6) is 11.5 Å². The standard InChI is InChI=1S/C32H29NO2/c1-19-12-6-9-15-22(19)26-18-25-27(23-16-10-7-13-20(23)2)30-31(35-32(4,5)34-30)28(29(25)33-26)24-17-11-8-14-21(24)3/h6-18,33H,1-5H3. The lowest BCUT2D eigenvalue weighted by Crippen LogP contribution is -2.29. The second-order valence-corrected chi connectivity index (χ2v) is 9.93. The van der Waals surface area contributed by atoms with E-state index in [2.05, 4.69) is 105 Å². The molecular weight excluding hydrogens is 430 g/mol. The van der Waals surface area contributed by atoms with E-state index in [4.69, 9.17) is 9.47 Å². The Labute approximate surface area is 206 Å². The third-order valence-electron chi connectivity index (χ3n) is 6.96. The molecule has 3 nitrogen and oxygen atoms in total. The Hall–Kier alpha value is -3.98. The summed E-state index contributed by atoms with van der Waals surface area (Å²) in [5.41, 5.74) is 11.4. The summed E-state index contributed by atoms with van der Waals surface area (Å²) in [6, 6.07) is 27.7. The van der Waals surface area contributed by atoms with Crippen LogP contribution in [-0.2, 0) is 0 Å². The van der Waals surface area contributed by atoms with E-state index in [-0.39, 0.29) is 0 Å². The Kier molecular flexibility index (Phi) is 4.79. The first-order valence-electron chi connectivity index (χ1n) is 12.1. The van der Waals surface area contributed by atoms with Crippen LogP contribution >= 0.6 is 0 Å². The van der Waals surface area contributed by atoms with Gasteiger partial charge in [0.15, 0.2) is 11.5 Å². The molecule has 0 saturated heterocycles. The molecule has 0 unspecified atom stereocenters. The number of aromatic nitrogens is 1. The quantitative estimate of drug-likeness (QED) is 0.293. The summed E-state index contributed by atoms with van der Waals surface area (Å²) in [7, 11) is 0. The summed E-state index contributed by atoms with van der Waals surface area (Å²) in [5.74, 6) is 0.855. The second-order valence-electron chi connectivity index (χ2n) is 9.93. The lowest BCUT2D eigenvalue weighted by molar-refractivity contribution is -0.0426. The highest BCUT2D eigenvalue weighted by Gasteiger charge is 2.39. The van der Waals surface area contributed by atoms with Crippen molar-refractivity contribution in [1.82, 2.24) is 4.98 Å². The first kappa shape index (κ1) is 21.5. The zero-order valence-electron chi connectivity index (χ0n) is 20.8. The third-order valence-corrected chi connectivity index (χ3v) is 6.96. The average Bonchev–Trinajstić information content (AvgIpc) is 3.39. The summed E-state index contributed by atoms with van der Waals surface area (Å²) in [6.45, 7) is 10.4. The molecule has 1 N–H and O–H groups in total. The fraction of sp³-hybridized carbons (Fsp3) is 0.188. The van der Waals surface area contributed by atoms with Gasteiger partial charge in [0.1, 0.15) is 0 Å². The van der Waals surface area contributed by atoms with Crippen molar-refractivity contribution >= 4 is 10.9 Å². The number of fused-ring (bicyclic) bond motifs is 2. The molecule has 4 aromatic carbocycles. The molecule has 1 aliphatic rings. The summed E-state index contributed by atoms with van der Waals surface area (Å²) in [4.78, 5) is 3.80. The topological polar surface area (TPSA) is 34.2 Å². The minimum atomic E-state index is -0.755. The van der Waals surface area contributed by atoms with E-state index in [1.165, 1.54) is 22.3 Å². The first-order valence-corrected chi connectivity index (χ1v) is 12.1. The lowest BCUT2D eigenvalue weighted by atomic mass is 9.90. The largest absolute Gasteiger partial charge is 0.448 e. The molecule has 0 bridgehead atoms. The molecular formula is C32H29NO2. The predicted octanol–water partition coefficient (Wildman–Crippen LogP) is 8.60. The van der Waals surface area contributed by atoms with Crippen molar-refractivity contribution in [1.29, 1.82) is 0 Å². The molecule has 1 aliphatic heterocycles. The number of benzene rings is 4. The molecule has 3 heteroatoms. The Morgan fingerprint density at radius 2 is 1.06 bits per heavy atom. The van der Waals surface area contributed by atoms with Crippen LogP contribution in [0.25, 0.3) is 44.4 Å². The van der Waals surface area contributed by atoms with Crippen molar-refractivity contribution in [3.8, 4) is 45.0 Å². The highest BCUT2D eigenvalue weighted by atomic mass is 16.7. The normalized spacial score (nSPS) is 14.0. The van der Waals surface area contributed by atoms with E-state index >= 15 is 0 Å². The monoisotopic (exact) mass is 459 g/mol. The minimum absolute atomic E-state index is 0.755. The smallest absolute Gasteiger partial charge is 0.246 e. The van der Waals surface area contributed by atoms with Gasteiger partial charge in [0.05, 0.1) is 11.1 Å². The lowest BCUT2D eigenvalue weighted by Gasteiger charge is -2.17. The molecule has 1 aromatic heterocycles. The fourth-order valence-corrected chi connectivity index (χ4v) is 5.27. The molecule has 0 amide bonds. The van der Waals surface area contributed by atoms with E-state index in [0.717, 1.165) is 50.3 Å². The predicted molar refractivity (Wildman–Crippen MR) is 144 cm³/mol. The Bertz CT molecular complexity index is 1510. The van der Waals surface area contributed by atoms with Gasteiger partial charge in [-0.15, -0.1) is 0 Å². The molecule has 0 saturated carbocycles. The van der Waals surface area contributed by atoms with Crippen LogP contribution in [0.2, 0.25) is 0 Å². The maximum absolute atomic E-state index is 6.55. The van der Waals surface area contributed by atoms with E-state index in [1.54, 1.807) is 0 Å². The van der Waals surface area contributed by atoms with Gasteiger partial charge in [-0.25, -0.2) is 0 Å². The minimum Gasteiger partial charge on any atom is -0.448 e. The second kappa shape index (κ2) is 7.78. The molecule has 0 atom stereocenters. The maximum atomic E-state index is 6.55. The van der Waals surface area contributed by atoms with Gasteiger partial charge in [-0.2, -0.15) is 0 Å². The fourth-order valence-electron chi connectivity index (χ4n) is 5.27. The molecule has 5 aromatic rings. The molecule has 2 heterocycles. The molecule has 35 heavy (non-hydrogen) atoms. The number of aromatic amines is 1. The van der Waals surface area contributed by atoms with E-state index in [0.29, 0.717) is 0 Å². The summed E-state index contributed by atoms with van der Waals surface area (Å²) in [6.07, 6.45) is 0. The number of nitrogens with one attached hydrogen (secondary N) is 1. The summed E-state index contributed by atoms with van der Waals surface area (Å²) >= 11 is 0. The summed E-state index contributed by atoms with van der Waals surface area (Å²) < 4.78 is 13.1. The van der Waals surface area contributed by atoms with Gasteiger partial charge in [-0.1, -0.05) is 72.8 Å². The van der Waals surface area contributed by atoms with Crippen molar-refractivity contribution < 1.29 is 9.47 Å². The SMILES string of the molecule is Cc1ccccc1-c1cc2c(-c3ccccc3C)c3c(c(-c4ccccc4C)c2[nH]1)OC(C)(C)O3.